The van der Waals surface area contributed by atoms with E-state index in [-0.39, 0.29) is 5.82 Å². The van der Waals surface area contributed by atoms with E-state index in [0.29, 0.717) is 36.4 Å². The number of halogens is 2. The Morgan fingerprint density at radius 2 is 2.14 bits per heavy atom. The summed E-state index contributed by atoms with van der Waals surface area (Å²) in [6, 6.07) is 8.29. The second-order valence-electron chi connectivity index (χ2n) is 7.21. The summed E-state index contributed by atoms with van der Waals surface area (Å²) >= 11 is 1.81. The lowest BCUT2D eigenvalue weighted by atomic mass is 9.88. The number of likely N-dealkylation sites (tertiary alicyclic amines) is 1. The molecule has 1 fully saturated rings. The molecule has 3 rings (SSSR count). The molecule has 0 saturated carbocycles. The van der Waals surface area contributed by atoms with Crippen molar-refractivity contribution in [2.45, 2.75) is 25.3 Å². The molecule has 7 heteroatoms. The summed E-state index contributed by atoms with van der Waals surface area (Å²) in [7, 11) is 3.92. The predicted octanol–water partition coefficient (Wildman–Crippen LogP) is 3.82. The molecule has 152 valence electrons. The highest BCUT2D eigenvalue weighted by Crippen LogP contribution is 2.36. The van der Waals surface area contributed by atoms with Crippen molar-refractivity contribution < 1.29 is 8.78 Å². The van der Waals surface area contributed by atoms with E-state index in [2.05, 4.69) is 45.1 Å². The minimum absolute atomic E-state index is 0.370. The molecular weight excluding hydrogens is 378 g/mol. The molecule has 4 nitrogen and oxygen atoms in total. The average Bonchev–Trinajstić information content (AvgIpc) is 3.21. The maximum absolute atomic E-state index is 13.7. The van der Waals surface area contributed by atoms with Crippen LogP contribution in [0.1, 0.15) is 29.3 Å². The van der Waals surface area contributed by atoms with E-state index in [1.54, 1.807) is 7.05 Å². The Morgan fingerprint density at radius 3 is 2.89 bits per heavy atom. The molecule has 1 saturated heterocycles. The fraction of sp³-hybridized carbons (Fsp3) is 0.476. The molecule has 2 unspecified atom stereocenters. The summed E-state index contributed by atoms with van der Waals surface area (Å²) in [6.45, 7) is 2.42. The van der Waals surface area contributed by atoms with E-state index in [9.17, 15) is 8.78 Å². The predicted molar refractivity (Wildman–Crippen MR) is 112 cm³/mol. The van der Waals surface area contributed by atoms with Gasteiger partial charge in [-0.3, -0.25) is 9.89 Å². The molecule has 28 heavy (non-hydrogen) atoms. The molecule has 2 heterocycles. The van der Waals surface area contributed by atoms with E-state index in [0.717, 1.165) is 19.2 Å². The first-order chi connectivity index (χ1) is 13.6. The second-order valence-corrected chi connectivity index (χ2v) is 8.19. The third-order valence-corrected chi connectivity index (χ3v) is 6.23. The Morgan fingerprint density at radius 1 is 1.29 bits per heavy atom. The molecule has 0 spiro atoms. The van der Waals surface area contributed by atoms with E-state index in [1.807, 2.05) is 11.3 Å². The lowest BCUT2D eigenvalue weighted by Crippen LogP contribution is -2.45. The first kappa shape index (κ1) is 20.7. The molecule has 0 radical (unpaired) electrons. The number of hydrogen-bond donors (Lipinski definition) is 2. The monoisotopic (exact) mass is 406 g/mol. The van der Waals surface area contributed by atoms with Crippen molar-refractivity contribution in [3.8, 4) is 0 Å². The summed E-state index contributed by atoms with van der Waals surface area (Å²) in [5, 5.41) is 8.75. The summed E-state index contributed by atoms with van der Waals surface area (Å²) in [4.78, 5) is 8.10. The van der Waals surface area contributed by atoms with Crippen LogP contribution in [-0.4, -0.2) is 44.6 Å². The zero-order valence-electron chi connectivity index (χ0n) is 16.4. The Balaban J connectivity index is 1.52. The van der Waals surface area contributed by atoms with Crippen LogP contribution in [0.15, 0.2) is 40.7 Å². The van der Waals surface area contributed by atoms with Crippen LogP contribution in [0.4, 0.5) is 8.78 Å². The normalized spacial score (nSPS) is 20.9. The van der Waals surface area contributed by atoms with Gasteiger partial charge in [0.2, 0.25) is 0 Å². The van der Waals surface area contributed by atoms with Gasteiger partial charge in [0.15, 0.2) is 5.96 Å². The number of hydrogen-bond acceptors (Lipinski definition) is 3. The maximum Gasteiger partial charge on any atom is 0.190 e. The lowest BCUT2D eigenvalue weighted by molar-refractivity contribution is 0.125. The fourth-order valence-corrected chi connectivity index (χ4v) is 4.86. The standard InChI is InChI=1S/C21H28F2N4S/c1-24-21(25-10-9-15-13-17(22)7-8-18(15)23)26-14-16-5-3-11-27(2)20(16)19-6-4-12-28-19/h4,6-8,12-13,16,20H,3,5,9-11,14H2,1-2H3,(H2,24,25,26). The summed E-state index contributed by atoms with van der Waals surface area (Å²) < 4.78 is 27.0. The van der Waals surface area contributed by atoms with E-state index < -0.39 is 5.82 Å². The zero-order valence-corrected chi connectivity index (χ0v) is 17.2. The van der Waals surface area contributed by atoms with Crippen molar-refractivity contribution in [2.24, 2.45) is 10.9 Å². The Bertz CT molecular complexity index is 779. The molecule has 1 aromatic carbocycles. The number of piperidine rings is 1. The number of rotatable bonds is 6. The lowest BCUT2D eigenvalue weighted by Gasteiger charge is -2.39. The van der Waals surface area contributed by atoms with Gasteiger partial charge in [-0.1, -0.05) is 6.07 Å². The van der Waals surface area contributed by atoms with Crippen LogP contribution in [0, 0.1) is 17.6 Å². The van der Waals surface area contributed by atoms with Crippen LogP contribution in [0.3, 0.4) is 0 Å². The Kier molecular flexibility index (Phi) is 7.39. The third kappa shape index (κ3) is 5.29. The van der Waals surface area contributed by atoms with Crippen molar-refractivity contribution >= 4 is 17.3 Å². The molecule has 1 aliphatic heterocycles. The van der Waals surface area contributed by atoms with Crippen molar-refractivity contribution in [2.75, 3.05) is 33.7 Å². The molecule has 2 N–H and O–H groups in total. The van der Waals surface area contributed by atoms with Crippen LogP contribution in [0.25, 0.3) is 0 Å². The molecule has 2 atom stereocenters. The van der Waals surface area contributed by atoms with Crippen LogP contribution in [0.5, 0.6) is 0 Å². The van der Waals surface area contributed by atoms with Gasteiger partial charge in [-0.2, -0.15) is 0 Å². The first-order valence-electron chi connectivity index (χ1n) is 9.70. The third-order valence-electron chi connectivity index (χ3n) is 5.29. The molecule has 0 aliphatic carbocycles. The van der Waals surface area contributed by atoms with Gasteiger partial charge in [-0.05, 0) is 74.0 Å². The highest BCUT2D eigenvalue weighted by Gasteiger charge is 2.31. The van der Waals surface area contributed by atoms with Gasteiger partial charge >= 0.3 is 0 Å². The molecule has 2 aromatic rings. The molecule has 0 amide bonds. The maximum atomic E-state index is 13.7. The van der Waals surface area contributed by atoms with Gasteiger partial charge in [0.25, 0.3) is 0 Å². The Hall–Kier alpha value is -1.99. The van der Waals surface area contributed by atoms with E-state index >= 15 is 0 Å². The summed E-state index contributed by atoms with van der Waals surface area (Å²) in [5.41, 5.74) is 0.370. The van der Waals surface area contributed by atoms with Crippen molar-refractivity contribution in [1.82, 2.24) is 15.5 Å². The topological polar surface area (TPSA) is 39.7 Å². The van der Waals surface area contributed by atoms with Crippen LogP contribution >= 0.6 is 11.3 Å². The van der Waals surface area contributed by atoms with Gasteiger partial charge in [0, 0.05) is 31.1 Å². The van der Waals surface area contributed by atoms with Crippen molar-refractivity contribution in [3.05, 3.63) is 57.8 Å². The molecule has 1 aliphatic rings. The van der Waals surface area contributed by atoms with E-state index in [4.69, 9.17) is 0 Å². The highest BCUT2D eigenvalue weighted by molar-refractivity contribution is 7.10. The Labute approximate surface area is 169 Å². The zero-order chi connectivity index (χ0) is 19.9. The van der Waals surface area contributed by atoms with Gasteiger partial charge in [0.05, 0.1) is 0 Å². The SMILES string of the molecule is CN=C(NCCc1cc(F)ccc1F)NCC1CCCN(C)C1c1cccs1. The quantitative estimate of drug-likeness (QED) is 0.566. The smallest absolute Gasteiger partial charge is 0.190 e. The molecule has 1 aromatic heterocycles. The average molecular weight is 407 g/mol. The van der Waals surface area contributed by atoms with Crippen LogP contribution in [0.2, 0.25) is 0 Å². The summed E-state index contributed by atoms with van der Waals surface area (Å²) in [6.07, 6.45) is 2.76. The number of thiophene rings is 1. The van der Waals surface area contributed by atoms with Gasteiger partial charge < -0.3 is 10.6 Å². The largest absolute Gasteiger partial charge is 0.356 e. The van der Waals surface area contributed by atoms with Crippen molar-refractivity contribution in [1.29, 1.82) is 0 Å². The second kappa shape index (κ2) is 9.98. The number of nitrogens with zero attached hydrogens (tertiary/aromatic N) is 2. The number of guanidine groups is 1. The van der Waals surface area contributed by atoms with Gasteiger partial charge in [0.1, 0.15) is 11.6 Å². The van der Waals surface area contributed by atoms with Crippen LogP contribution < -0.4 is 10.6 Å². The van der Waals surface area contributed by atoms with Gasteiger partial charge in [-0.15, -0.1) is 11.3 Å². The molecular formula is C21H28F2N4S. The highest BCUT2D eigenvalue weighted by atomic mass is 32.1. The summed E-state index contributed by atoms with van der Waals surface area (Å²) in [5.74, 6) is 0.390. The van der Waals surface area contributed by atoms with Crippen LogP contribution in [-0.2, 0) is 6.42 Å². The molecule has 0 bridgehead atoms. The van der Waals surface area contributed by atoms with E-state index in [1.165, 1.54) is 29.9 Å². The minimum Gasteiger partial charge on any atom is -0.356 e. The first-order valence-corrected chi connectivity index (χ1v) is 10.6. The minimum atomic E-state index is -0.417. The van der Waals surface area contributed by atoms with Crippen molar-refractivity contribution in [3.63, 3.8) is 0 Å². The fourth-order valence-electron chi connectivity index (χ4n) is 3.88. The number of aliphatic imine (C=N–C) groups is 1. The number of nitrogens with one attached hydrogen (secondary N) is 2. The number of benzene rings is 1. The van der Waals surface area contributed by atoms with Gasteiger partial charge in [-0.25, -0.2) is 8.78 Å².